The third-order valence-electron chi connectivity index (χ3n) is 3.24. The Balaban J connectivity index is 2.10. The van der Waals surface area contributed by atoms with Crippen LogP contribution in [-0.4, -0.2) is 25.6 Å². The van der Waals surface area contributed by atoms with Crippen molar-refractivity contribution in [3.05, 3.63) is 50.6 Å². The summed E-state index contributed by atoms with van der Waals surface area (Å²) in [6, 6.07) is 10.5. The molecule has 1 unspecified atom stereocenters. The fourth-order valence-corrected chi connectivity index (χ4v) is 3.81. The summed E-state index contributed by atoms with van der Waals surface area (Å²) in [7, 11) is 3.79. The van der Waals surface area contributed by atoms with Crippen LogP contribution in [0.2, 0.25) is 0 Å². The molecule has 3 nitrogen and oxygen atoms in total. The van der Waals surface area contributed by atoms with Crippen LogP contribution < -0.4 is 10.5 Å². The molecule has 0 saturated carbocycles. The number of nitrogens with two attached hydrogens (primary N) is 1. The molecule has 0 aliphatic carbocycles. The summed E-state index contributed by atoms with van der Waals surface area (Å²) < 4.78 is 6.38. The lowest BCUT2D eigenvalue weighted by Crippen LogP contribution is -2.29. The van der Waals surface area contributed by atoms with E-state index in [9.17, 15) is 0 Å². The number of hydrogen-bond acceptors (Lipinski definition) is 4. The van der Waals surface area contributed by atoms with Gasteiger partial charge < -0.3 is 10.5 Å². The Kier molecular flexibility index (Phi) is 5.60. The first-order valence-electron chi connectivity index (χ1n) is 6.41. The minimum atomic E-state index is 0.234. The lowest BCUT2D eigenvalue weighted by atomic mass is 10.1. The van der Waals surface area contributed by atoms with Gasteiger partial charge in [0.25, 0.3) is 0 Å². The second-order valence-corrected chi connectivity index (χ2v) is 6.54. The van der Waals surface area contributed by atoms with Crippen LogP contribution in [0, 0.1) is 0 Å². The van der Waals surface area contributed by atoms with Gasteiger partial charge in [-0.3, -0.25) is 4.90 Å². The van der Waals surface area contributed by atoms with Gasteiger partial charge in [-0.1, -0.05) is 12.1 Å². The van der Waals surface area contributed by atoms with Gasteiger partial charge in [0.2, 0.25) is 0 Å². The maximum atomic E-state index is 5.95. The first-order chi connectivity index (χ1) is 9.63. The van der Waals surface area contributed by atoms with Gasteiger partial charge in [-0.2, -0.15) is 0 Å². The standard InChI is InChI=1S/C15H19BrN2OS/c1-18(9-11-4-3-5-13(6-11)19-2)14(8-17)15-7-12(16)10-20-15/h3-7,10,14H,8-9,17H2,1-2H3. The molecule has 1 heterocycles. The van der Waals surface area contributed by atoms with E-state index in [1.807, 2.05) is 12.1 Å². The number of methoxy groups -OCH3 is 1. The number of halogens is 1. The van der Waals surface area contributed by atoms with Gasteiger partial charge in [-0.05, 0) is 46.7 Å². The molecule has 0 spiro atoms. The molecular formula is C15H19BrN2OS. The Morgan fingerprint density at radius 1 is 1.40 bits per heavy atom. The smallest absolute Gasteiger partial charge is 0.119 e. The van der Waals surface area contributed by atoms with E-state index in [2.05, 4.69) is 51.5 Å². The molecule has 0 fully saturated rings. The first kappa shape index (κ1) is 15.5. The highest BCUT2D eigenvalue weighted by Gasteiger charge is 2.17. The topological polar surface area (TPSA) is 38.5 Å². The monoisotopic (exact) mass is 354 g/mol. The van der Waals surface area contributed by atoms with E-state index in [1.54, 1.807) is 18.4 Å². The van der Waals surface area contributed by atoms with Crippen molar-refractivity contribution in [3.63, 3.8) is 0 Å². The van der Waals surface area contributed by atoms with E-state index in [-0.39, 0.29) is 6.04 Å². The van der Waals surface area contributed by atoms with Crippen LogP contribution in [0.3, 0.4) is 0 Å². The zero-order valence-corrected chi connectivity index (χ0v) is 14.1. The van der Waals surface area contributed by atoms with Crippen molar-refractivity contribution in [2.45, 2.75) is 12.6 Å². The van der Waals surface area contributed by atoms with Crippen molar-refractivity contribution in [1.82, 2.24) is 4.90 Å². The summed E-state index contributed by atoms with van der Waals surface area (Å²) in [5.41, 5.74) is 7.17. The van der Waals surface area contributed by atoms with Gasteiger partial charge in [-0.25, -0.2) is 0 Å². The first-order valence-corrected chi connectivity index (χ1v) is 8.08. The van der Waals surface area contributed by atoms with Gasteiger partial charge in [0.1, 0.15) is 5.75 Å². The highest BCUT2D eigenvalue weighted by atomic mass is 79.9. The van der Waals surface area contributed by atoms with Crippen molar-refractivity contribution in [2.75, 3.05) is 20.7 Å². The van der Waals surface area contributed by atoms with Crippen molar-refractivity contribution in [2.24, 2.45) is 5.73 Å². The van der Waals surface area contributed by atoms with E-state index < -0.39 is 0 Å². The molecule has 2 aromatic rings. The third-order valence-corrected chi connectivity index (χ3v) is 5.03. The largest absolute Gasteiger partial charge is 0.497 e. The second-order valence-electron chi connectivity index (χ2n) is 4.69. The van der Waals surface area contributed by atoms with Gasteiger partial charge >= 0.3 is 0 Å². The molecule has 0 bridgehead atoms. The molecule has 20 heavy (non-hydrogen) atoms. The average Bonchev–Trinajstić information content (AvgIpc) is 2.86. The zero-order valence-electron chi connectivity index (χ0n) is 11.7. The molecule has 5 heteroatoms. The fraction of sp³-hybridized carbons (Fsp3) is 0.333. The molecule has 108 valence electrons. The van der Waals surface area contributed by atoms with E-state index >= 15 is 0 Å². The summed E-state index contributed by atoms with van der Waals surface area (Å²) in [5, 5.41) is 2.09. The van der Waals surface area contributed by atoms with E-state index in [0.717, 1.165) is 16.8 Å². The Morgan fingerprint density at radius 2 is 2.20 bits per heavy atom. The molecule has 0 aliphatic heterocycles. The number of thiophene rings is 1. The summed E-state index contributed by atoms with van der Waals surface area (Å²) in [5.74, 6) is 0.888. The fourth-order valence-electron chi connectivity index (χ4n) is 2.19. The summed E-state index contributed by atoms with van der Waals surface area (Å²) in [6.07, 6.45) is 0. The molecule has 2 N–H and O–H groups in total. The highest BCUT2D eigenvalue weighted by Crippen LogP contribution is 2.29. The minimum absolute atomic E-state index is 0.234. The Labute approximate surface area is 132 Å². The summed E-state index contributed by atoms with van der Waals surface area (Å²) >= 11 is 5.23. The molecule has 0 radical (unpaired) electrons. The Hall–Kier alpha value is -0.880. The molecule has 1 aromatic carbocycles. The van der Waals surface area contributed by atoms with E-state index in [1.165, 1.54) is 10.4 Å². The predicted molar refractivity (Wildman–Crippen MR) is 88.3 cm³/mol. The minimum Gasteiger partial charge on any atom is -0.497 e. The van der Waals surface area contributed by atoms with Gasteiger partial charge in [-0.15, -0.1) is 11.3 Å². The number of likely N-dealkylation sites (N-methyl/N-ethyl adjacent to an activating group) is 1. The number of nitrogens with zero attached hydrogens (tertiary/aromatic N) is 1. The number of rotatable bonds is 6. The van der Waals surface area contributed by atoms with Gasteiger partial charge in [0.05, 0.1) is 13.2 Å². The number of benzene rings is 1. The third kappa shape index (κ3) is 3.82. The van der Waals surface area contributed by atoms with Crippen LogP contribution in [0.25, 0.3) is 0 Å². The van der Waals surface area contributed by atoms with Crippen molar-refractivity contribution < 1.29 is 4.74 Å². The predicted octanol–water partition coefficient (Wildman–Crippen LogP) is 3.65. The second kappa shape index (κ2) is 7.22. The van der Waals surface area contributed by atoms with Crippen LogP contribution >= 0.6 is 27.3 Å². The maximum absolute atomic E-state index is 5.95. The van der Waals surface area contributed by atoms with Crippen molar-refractivity contribution in [1.29, 1.82) is 0 Å². The van der Waals surface area contributed by atoms with E-state index in [0.29, 0.717) is 6.54 Å². The zero-order chi connectivity index (χ0) is 14.5. The van der Waals surface area contributed by atoms with Crippen LogP contribution in [-0.2, 0) is 6.54 Å². The highest BCUT2D eigenvalue weighted by molar-refractivity contribution is 9.10. The molecule has 0 amide bonds. The SMILES string of the molecule is COc1cccc(CN(C)C(CN)c2cc(Br)cs2)c1. The van der Waals surface area contributed by atoms with Crippen LogP contribution in [0.5, 0.6) is 5.75 Å². The Morgan fingerprint density at radius 3 is 2.80 bits per heavy atom. The molecular weight excluding hydrogens is 336 g/mol. The molecule has 2 rings (SSSR count). The van der Waals surface area contributed by atoms with Crippen LogP contribution in [0.1, 0.15) is 16.5 Å². The van der Waals surface area contributed by atoms with Gasteiger partial charge in [0.15, 0.2) is 0 Å². The molecule has 0 aliphatic rings. The normalized spacial score (nSPS) is 12.7. The van der Waals surface area contributed by atoms with Crippen molar-refractivity contribution >= 4 is 27.3 Å². The summed E-state index contributed by atoms with van der Waals surface area (Å²) in [4.78, 5) is 3.55. The lowest BCUT2D eigenvalue weighted by Gasteiger charge is -2.26. The van der Waals surface area contributed by atoms with E-state index in [4.69, 9.17) is 10.5 Å². The lowest BCUT2D eigenvalue weighted by molar-refractivity contribution is 0.245. The molecule has 1 aromatic heterocycles. The van der Waals surface area contributed by atoms with Gasteiger partial charge in [0, 0.05) is 27.8 Å². The number of hydrogen-bond donors (Lipinski definition) is 1. The summed E-state index contributed by atoms with van der Waals surface area (Å²) in [6.45, 7) is 1.45. The number of ether oxygens (including phenoxy) is 1. The molecule has 1 atom stereocenters. The van der Waals surface area contributed by atoms with Crippen LogP contribution in [0.15, 0.2) is 40.2 Å². The van der Waals surface area contributed by atoms with Crippen LogP contribution in [0.4, 0.5) is 0 Å². The Bertz CT molecular complexity index is 558. The quantitative estimate of drug-likeness (QED) is 0.860. The maximum Gasteiger partial charge on any atom is 0.119 e. The average molecular weight is 355 g/mol. The van der Waals surface area contributed by atoms with Crippen molar-refractivity contribution in [3.8, 4) is 5.75 Å². The molecule has 0 saturated heterocycles.